The van der Waals surface area contributed by atoms with E-state index in [9.17, 15) is 14.7 Å². The number of nitrogens with zero attached hydrogens (tertiary/aromatic N) is 3. The van der Waals surface area contributed by atoms with E-state index in [4.69, 9.17) is 10.7 Å². The van der Waals surface area contributed by atoms with Crippen LogP contribution in [0.4, 0.5) is 5.13 Å². The minimum absolute atomic E-state index is 0.0853. The number of hydrogen-bond donors (Lipinski definition) is 4. The highest BCUT2D eigenvalue weighted by molar-refractivity contribution is 7.22. The van der Waals surface area contributed by atoms with Gasteiger partial charge in [-0.15, -0.1) is 0 Å². The van der Waals surface area contributed by atoms with E-state index < -0.39 is 5.54 Å². The lowest BCUT2D eigenvalue weighted by Crippen LogP contribution is -2.55. The number of carbonyl (C=O) groups is 2. The van der Waals surface area contributed by atoms with Crippen LogP contribution >= 0.6 is 22.7 Å². The molecule has 4 aromatic heterocycles. The maximum Gasteiger partial charge on any atom is 0.271 e. The van der Waals surface area contributed by atoms with E-state index in [1.54, 1.807) is 22.7 Å². The molecule has 0 aliphatic heterocycles. The molecule has 7 rings (SSSR count). The molecule has 204 valence electrons. The molecule has 11 heteroatoms. The molecule has 5 N–H and O–H groups in total. The molecule has 2 fully saturated rings. The molecule has 4 heterocycles. The average Bonchev–Trinajstić information content (AvgIpc) is 3.78. The van der Waals surface area contributed by atoms with Crippen LogP contribution < -0.4 is 16.4 Å². The second-order valence-corrected chi connectivity index (χ2v) is 12.7. The topological polar surface area (TPSA) is 135 Å². The predicted molar refractivity (Wildman–Crippen MR) is 156 cm³/mol. The van der Waals surface area contributed by atoms with Crippen molar-refractivity contribution in [2.75, 3.05) is 12.3 Å². The summed E-state index contributed by atoms with van der Waals surface area (Å²) >= 11 is 2.93. The maximum atomic E-state index is 13.9. The van der Waals surface area contributed by atoms with Gasteiger partial charge in [0.2, 0.25) is 0 Å². The molecule has 2 amide bonds. The number of carbonyl (C=O) groups excluding carboxylic acids is 2. The third-order valence-electron chi connectivity index (χ3n) is 8.45. The number of anilines is 1. The van der Waals surface area contributed by atoms with Crippen LogP contribution in [-0.2, 0) is 6.54 Å². The molecule has 3 atom stereocenters. The standard InChI is InChI=1S/C29H28N6O3S2/c30-28-32-21-6-4-17(11-22(21)40-28)13-31-26(37)20-2-1-8-35-24(23(33-25(20)35)18-7-9-39-14-18)27(38)34-29(15-36)12-16-3-5-19(29)10-16/h1-2,4,6-9,11,14,16,19,36H,3,5,10,12-13,15H2,(H2,30,32)(H,31,37)(H,34,38)/t16?,19?,29-/m1/s1. The van der Waals surface area contributed by atoms with Crippen LogP contribution in [0.2, 0.25) is 0 Å². The van der Waals surface area contributed by atoms with E-state index in [1.807, 2.05) is 35.0 Å². The van der Waals surface area contributed by atoms with E-state index in [2.05, 4.69) is 15.6 Å². The fourth-order valence-corrected chi connectivity index (χ4v) is 7.99. The van der Waals surface area contributed by atoms with Crippen LogP contribution in [-0.4, -0.2) is 43.4 Å². The first-order valence-electron chi connectivity index (χ1n) is 13.3. The van der Waals surface area contributed by atoms with Gasteiger partial charge in [0.1, 0.15) is 11.4 Å². The van der Waals surface area contributed by atoms with Crippen LogP contribution in [0.15, 0.2) is 53.4 Å². The molecule has 1 aromatic carbocycles. The zero-order valence-corrected chi connectivity index (χ0v) is 23.2. The average molecular weight is 573 g/mol. The summed E-state index contributed by atoms with van der Waals surface area (Å²) in [6.45, 7) is 0.235. The minimum atomic E-state index is -0.616. The van der Waals surface area contributed by atoms with Crippen molar-refractivity contribution in [1.82, 2.24) is 25.0 Å². The summed E-state index contributed by atoms with van der Waals surface area (Å²) < 4.78 is 2.66. The van der Waals surface area contributed by atoms with E-state index in [-0.39, 0.29) is 24.3 Å². The predicted octanol–water partition coefficient (Wildman–Crippen LogP) is 4.47. The quantitative estimate of drug-likeness (QED) is 0.227. The van der Waals surface area contributed by atoms with Crippen LogP contribution in [0.3, 0.4) is 0 Å². The largest absolute Gasteiger partial charge is 0.394 e. The van der Waals surface area contributed by atoms with Crippen molar-refractivity contribution in [2.45, 2.75) is 37.8 Å². The Morgan fingerprint density at radius 2 is 2.08 bits per heavy atom. The number of amides is 2. The van der Waals surface area contributed by atoms with Gasteiger partial charge < -0.3 is 21.5 Å². The van der Waals surface area contributed by atoms with Gasteiger partial charge in [0.25, 0.3) is 11.8 Å². The van der Waals surface area contributed by atoms with Crippen LogP contribution in [0.1, 0.15) is 52.1 Å². The van der Waals surface area contributed by atoms with Gasteiger partial charge in [-0.3, -0.25) is 14.0 Å². The van der Waals surface area contributed by atoms with Gasteiger partial charge in [0.05, 0.1) is 27.9 Å². The molecule has 0 spiro atoms. The number of fused-ring (bicyclic) bond motifs is 4. The molecule has 2 saturated carbocycles. The van der Waals surface area contributed by atoms with Crippen molar-refractivity contribution >= 4 is 55.5 Å². The fraction of sp³-hybridized carbons (Fsp3) is 0.310. The Bertz CT molecular complexity index is 1760. The Balaban J connectivity index is 1.22. The molecule has 2 aliphatic carbocycles. The summed E-state index contributed by atoms with van der Waals surface area (Å²) in [4.78, 5) is 36.5. The van der Waals surface area contributed by atoms with Crippen molar-refractivity contribution in [2.24, 2.45) is 11.8 Å². The van der Waals surface area contributed by atoms with Gasteiger partial charge in [0, 0.05) is 23.7 Å². The second kappa shape index (κ2) is 9.69. The Hall–Kier alpha value is -3.80. The molecule has 9 nitrogen and oxygen atoms in total. The molecule has 40 heavy (non-hydrogen) atoms. The lowest BCUT2D eigenvalue weighted by Gasteiger charge is -2.37. The fourth-order valence-electron chi connectivity index (χ4n) is 6.55. The Morgan fingerprint density at radius 1 is 1.18 bits per heavy atom. The minimum Gasteiger partial charge on any atom is -0.394 e. The monoisotopic (exact) mass is 572 g/mol. The van der Waals surface area contributed by atoms with Gasteiger partial charge in [-0.05, 0) is 78.8 Å². The number of imidazole rings is 1. The number of aliphatic hydroxyl groups excluding tert-OH is 1. The normalized spacial score (nSPS) is 21.8. The Labute approximate surface area is 238 Å². The zero-order valence-electron chi connectivity index (χ0n) is 21.6. The summed E-state index contributed by atoms with van der Waals surface area (Å²) in [5.74, 6) is 0.242. The van der Waals surface area contributed by atoms with Crippen LogP contribution in [0.5, 0.6) is 0 Å². The van der Waals surface area contributed by atoms with Crippen molar-refractivity contribution in [3.8, 4) is 11.3 Å². The molecule has 5 aromatic rings. The highest BCUT2D eigenvalue weighted by Gasteiger charge is 2.51. The van der Waals surface area contributed by atoms with E-state index in [0.717, 1.165) is 47.0 Å². The number of aromatic nitrogens is 3. The molecule has 0 saturated heterocycles. The summed E-state index contributed by atoms with van der Waals surface area (Å²) in [5, 5.41) is 21.0. The maximum absolute atomic E-state index is 13.9. The summed E-state index contributed by atoms with van der Waals surface area (Å²) in [7, 11) is 0. The van der Waals surface area contributed by atoms with E-state index in [1.165, 1.54) is 22.7 Å². The number of aliphatic hydroxyl groups is 1. The van der Waals surface area contributed by atoms with Crippen LogP contribution in [0.25, 0.3) is 27.1 Å². The number of nitrogens with one attached hydrogen (secondary N) is 2. The SMILES string of the molecule is Nc1nc2ccc(CNC(=O)c3cccn4c(C(=O)N[C@@]5(CO)CC6CCC5C6)c(-c5ccsc5)nc34)cc2s1. The first-order valence-corrected chi connectivity index (χ1v) is 15.1. The number of rotatable bonds is 7. The highest BCUT2D eigenvalue weighted by Crippen LogP contribution is 2.50. The third kappa shape index (κ3) is 4.16. The first kappa shape index (κ1) is 25.2. The highest BCUT2D eigenvalue weighted by atomic mass is 32.1. The van der Waals surface area contributed by atoms with Gasteiger partial charge in [0.15, 0.2) is 10.8 Å². The number of thiazole rings is 1. The number of pyridine rings is 1. The number of benzene rings is 1. The van der Waals surface area contributed by atoms with Gasteiger partial charge >= 0.3 is 0 Å². The molecule has 2 bridgehead atoms. The molecular formula is C29H28N6O3S2. The van der Waals surface area contributed by atoms with Crippen LogP contribution in [0, 0.1) is 11.8 Å². The first-order chi connectivity index (χ1) is 19.4. The Morgan fingerprint density at radius 3 is 2.83 bits per heavy atom. The van der Waals surface area contributed by atoms with E-state index >= 15 is 0 Å². The van der Waals surface area contributed by atoms with Crippen molar-refractivity contribution < 1.29 is 14.7 Å². The lowest BCUT2D eigenvalue weighted by atomic mass is 9.81. The van der Waals surface area contributed by atoms with Crippen molar-refractivity contribution in [3.63, 3.8) is 0 Å². The number of thiophene rings is 1. The second-order valence-electron chi connectivity index (χ2n) is 10.8. The van der Waals surface area contributed by atoms with Crippen molar-refractivity contribution in [1.29, 1.82) is 0 Å². The van der Waals surface area contributed by atoms with Gasteiger partial charge in [-0.1, -0.05) is 17.4 Å². The molecular weight excluding hydrogens is 544 g/mol. The Kier molecular flexibility index (Phi) is 6.10. The van der Waals surface area contributed by atoms with Gasteiger partial charge in [-0.2, -0.15) is 11.3 Å². The third-order valence-corrected chi connectivity index (χ3v) is 9.98. The van der Waals surface area contributed by atoms with Crippen molar-refractivity contribution in [3.05, 3.63) is 70.2 Å². The smallest absolute Gasteiger partial charge is 0.271 e. The van der Waals surface area contributed by atoms with Gasteiger partial charge in [-0.25, -0.2) is 9.97 Å². The number of hydrogen-bond acceptors (Lipinski definition) is 8. The number of nitrogens with two attached hydrogens (primary N) is 1. The van der Waals surface area contributed by atoms with E-state index in [0.29, 0.717) is 40.2 Å². The summed E-state index contributed by atoms with van der Waals surface area (Å²) in [6.07, 6.45) is 5.77. The molecule has 2 aliphatic rings. The summed E-state index contributed by atoms with van der Waals surface area (Å²) in [6, 6.07) is 11.2. The molecule has 2 unspecified atom stereocenters. The summed E-state index contributed by atoms with van der Waals surface area (Å²) in [5.41, 5.74) is 9.45. The number of nitrogen functional groups attached to an aromatic ring is 1. The lowest BCUT2D eigenvalue weighted by molar-refractivity contribution is 0.0706. The molecule has 0 radical (unpaired) electrons. The zero-order chi connectivity index (χ0) is 27.4.